The molecule has 1 N–H and O–H groups in total. The number of likely N-dealkylation sites (tertiary alicyclic amines) is 1. The van der Waals surface area contributed by atoms with Crippen molar-refractivity contribution in [1.29, 1.82) is 0 Å². The van der Waals surface area contributed by atoms with Crippen molar-refractivity contribution in [2.45, 2.75) is 57.4 Å². The number of sulfonamides is 1. The van der Waals surface area contributed by atoms with E-state index in [9.17, 15) is 18.0 Å². The van der Waals surface area contributed by atoms with Gasteiger partial charge in [0.15, 0.2) is 0 Å². The standard InChI is InChI=1S/C22H32ClN3O4S/c1-22(2,3)21(28)25-12-10-18(11-13-25)24-20(27)16-8-14-26(15-9-16)31(29,30)19-6-4-17(23)5-7-19/h4-7,16,18H,8-15H2,1-3H3,(H,24,27). The molecule has 2 aliphatic heterocycles. The van der Waals surface area contributed by atoms with Gasteiger partial charge in [0.1, 0.15) is 0 Å². The van der Waals surface area contributed by atoms with Gasteiger partial charge >= 0.3 is 0 Å². The number of carbonyl (C=O) groups is 2. The zero-order chi connectivity index (χ0) is 22.8. The minimum atomic E-state index is -3.58. The lowest BCUT2D eigenvalue weighted by atomic mass is 9.92. The van der Waals surface area contributed by atoms with Crippen LogP contribution in [0.5, 0.6) is 0 Å². The van der Waals surface area contributed by atoms with Gasteiger partial charge in [-0.3, -0.25) is 9.59 Å². The summed E-state index contributed by atoms with van der Waals surface area (Å²) in [5.41, 5.74) is -0.392. The first-order valence-electron chi connectivity index (χ1n) is 10.8. The number of piperidine rings is 2. The monoisotopic (exact) mass is 469 g/mol. The molecule has 7 nitrogen and oxygen atoms in total. The summed E-state index contributed by atoms with van der Waals surface area (Å²) < 4.78 is 27.0. The molecule has 3 rings (SSSR count). The van der Waals surface area contributed by atoms with Gasteiger partial charge < -0.3 is 10.2 Å². The summed E-state index contributed by atoms with van der Waals surface area (Å²) in [5.74, 6) is -0.0541. The number of hydrogen-bond donors (Lipinski definition) is 1. The summed E-state index contributed by atoms with van der Waals surface area (Å²) in [6.45, 7) is 7.70. The first kappa shape index (κ1) is 24.0. The summed E-state index contributed by atoms with van der Waals surface area (Å²) in [4.78, 5) is 27.2. The summed E-state index contributed by atoms with van der Waals surface area (Å²) in [6, 6.07) is 6.21. The van der Waals surface area contributed by atoms with Crippen molar-refractivity contribution in [3.8, 4) is 0 Å². The molecule has 172 valence electrons. The number of hydrogen-bond acceptors (Lipinski definition) is 4. The van der Waals surface area contributed by atoms with Crippen molar-refractivity contribution in [3.63, 3.8) is 0 Å². The zero-order valence-electron chi connectivity index (χ0n) is 18.4. The van der Waals surface area contributed by atoms with Crippen LogP contribution >= 0.6 is 11.6 Å². The van der Waals surface area contributed by atoms with E-state index >= 15 is 0 Å². The maximum atomic E-state index is 12.8. The fourth-order valence-electron chi connectivity index (χ4n) is 4.13. The third-order valence-electron chi connectivity index (χ3n) is 6.05. The smallest absolute Gasteiger partial charge is 0.243 e. The van der Waals surface area contributed by atoms with E-state index in [4.69, 9.17) is 11.6 Å². The van der Waals surface area contributed by atoms with Crippen molar-refractivity contribution in [2.24, 2.45) is 11.3 Å². The van der Waals surface area contributed by atoms with E-state index in [2.05, 4.69) is 5.32 Å². The fourth-order valence-corrected chi connectivity index (χ4v) is 5.73. The lowest BCUT2D eigenvalue weighted by molar-refractivity contribution is -0.140. The fraction of sp³-hybridized carbons (Fsp3) is 0.636. The molecular weight excluding hydrogens is 438 g/mol. The van der Waals surface area contributed by atoms with Crippen LogP contribution in [0.4, 0.5) is 0 Å². The Morgan fingerprint density at radius 3 is 2.03 bits per heavy atom. The average molecular weight is 470 g/mol. The van der Waals surface area contributed by atoms with Crippen LogP contribution in [0.1, 0.15) is 46.5 Å². The summed E-state index contributed by atoms with van der Waals surface area (Å²) in [7, 11) is -3.58. The Morgan fingerprint density at radius 1 is 0.968 bits per heavy atom. The van der Waals surface area contributed by atoms with E-state index in [-0.39, 0.29) is 28.7 Å². The molecule has 2 heterocycles. The van der Waals surface area contributed by atoms with Crippen LogP contribution in [0, 0.1) is 11.3 Å². The highest BCUT2D eigenvalue weighted by Gasteiger charge is 2.34. The maximum Gasteiger partial charge on any atom is 0.243 e. The molecule has 0 radical (unpaired) electrons. The molecule has 0 aromatic heterocycles. The highest BCUT2D eigenvalue weighted by atomic mass is 35.5. The second-order valence-corrected chi connectivity index (χ2v) is 11.8. The Hall–Kier alpha value is -1.64. The Labute approximate surface area is 190 Å². The number of rotatable bonds is 4. The lowest BCUT2D eigenvalue weighted by Crippen LogP contribution is -2.51. The predicted octanol–water partition coefficient (Wildman–Crippen LogP) is 2.89. The van der Waals surface area contributed by atoms with Gasteiger partial charge in [-0.15, -0.1) is 0 Å². The second kappa shape index (κ2) is 9.46. The second-order valence-electron chi connectivity index (χ2n) is 9.46. The van der Waals surface area contributed by atoms with Crippen LogP contribution in [0.2, 0.25) is 5.02 Å². The molecule has 0 unspecified atom stereocenters. The van der Waals surface area contributed by atoms with Gasteiger partial charge in [0.05, 0.1) is 4.90 Å². The molecule has 2 amide bonds. The van der Waals surface area contributed by atoms with Crippen molar-refractivity contribution in [2.75, 3.05) is 26.2 Å². The number of halogens is 1. The molecule has 0 saturated carbocycles. The highest BCUT2D eigenvalue weighted by Crippen LogP contribution is 2.26. The van der Waals surface area contributed by atoms with Crippen LogP contribution in [-0.4, -0.2) is 61.7 Å². The zero-order valence-corrected chi connectivity index (χ0v) is 20.0. The van der Waals surface area contributed by atoms with Gasteiger partial charge in [-0.1, -0.05) is 32.4 Å². The minimum Gasteiger partial charge on any atom is -0.353 e. The highest BCUT2D eigenvalue weighted by molar-refractivity contribution is 7.89. The van der Waals surface area contributed by atoms with Crippen molar-refractivity contribution in [1.82, 2.24) is 14.5 Å². The number of nitrogens with one attached hydrogen (secondary N) is 1. The molecule has 31 heavy (non-hydrogen) atoms. The van der Waals surface area contributed by atoms with E-state index in [1.807, 2.05) is 25.7 Å². The van der Waals surface area contributed by atoms with Crippen molar-refractivity contribution in [3.05, 3.63) is 29.3 Å². The van der Waals surface area contributed by atoms with E-state index in [1.54, 1.807) is 12.1 Å². The Bertz CT molecular complexity index is 896. The molecule has 0 bridgehead atoms. The molecule has 0 aliphatic carbocycles. The molecule has 9 heteroatoms. The Morgan fingerprint density at radius 2 is 1.52 bits per heavy atom. The van der Waals surface area contributed by atoms with Gasteiger partial charge in [-0.2, -0.15) is 4.31 Å². The molecule has 0 atom stereocenters. The first-order chi connectivity index (χ1) is 14.5. The number of carbonyl (C=O) groups excluding carboxylic acids is 2. The molecule has 2 fully saturated rings. The molecule has 2 saturated heterocycles. The normalized spacial score (nSPS) is 19.9. The van der Waals surface area contributed by atoms with Crippen LogP contribution in [-0.2, 0) is 19.6 Å². The van der Waals surface area contributed by atoms with Gasteiger partial charge in [0.25, 0.3) is 0 Å². The number of benzene rings is 1. The van der Waals surface area contributed by atoms with Gasteiger partial charge in [-0.05, 0) is 49.9 Å². The number of amides is 2. The van der Waals surface area contributed by atoms with E-state index in [0.717, 1.165) is 12.8 Å². The maximum absolute atomic E-state index is 12.8. The third kappa shape index (κ3) is 5.79. The molecule has 1 aromatic rings. The molecular formula is C22H32ClN3O4S. The van der Waals surface area contributed by atoms with Crippen molar-refractivity contribution >= 4 is 33.4 Å². The Balaban J connectivity index is 1.48. The quantitative estimate of drug-likeness (QED) is 0.734. The minimum absolute atomic E-state index is 0.0101. The van der Waals surface area contributed by atoms with E-state index in [0.29, 0.717) is 44.0 Å². The SMILES string of the molecule is CC(C)(C)C(=O)N1CCC(NC(=O)C2CCN(S(=O)(=O)c3ccc(Cl)cc3)CC2)CC1. The van der Waals surface area contributed by atoms with Crippen LogP contribution in [0.3, 0.4) is 0 Å². The van der Waals surface area contributed by atoms with Crippen LogP contribution in [0.15, 0.2) is 29.2 Å². The van der Waals surface area contributed by atoms with Crippen molar-refractivity contribution < 1.29 is 18.0 Å². The van der Waals surface area contributed by atoms with Crippen LogP contribution in [0.25, 0.3) is 0 Å². The van der Waals surface area contributed by atoms with E-state index in [1.165, 1.54) is 16.4 Å². The lowest BCUT2D eigenvalue weighted by Gasteiger charge is -2.37. The summed E-state index contributed by atoms with van der Waals surface area (Å²) in [5, 5.41) is 3.61. The molecule has 1 aromatic carbocycles. The average Bonchev–Trinajstić information content (AvgIpc) is 2.73. The topological polar surface area (TPSA) is 86.8 Å². The third-order valence-corrected chi connectivity index (χ3v) is 8.21. The van der Waals surface area contributed by atoms with Gasteiger partial charge in [-0.25, -0.2) is 8.42 Å². The van der Waals surface area contributed by atoms with Gasteiger partial charge in [0.2, 0.25) is 21.8 Å². The van der Waals surface area contributed by atoms with Gasteiger partial charge in [0, 0.05) is 48.6 Å². The molecule has 2 aliphatic rings. The first-order valence-corrected chi connectivity index (χ1v) is 12.7. The summed E-state index contributed by atoms with van der Waals surface area (Å²) >= 11 is 5.85. The molecule has 0 spiro atoms. The number of nitrogens with zero attached hydrogens (tertiary/aromatic N) is 2. The summed E-state index contributed by atoms with van der Waals surface area (Å²) in [6.07, 6.45) is 2.49. The Kier molecular flexibility index (Phi) is 7.33. The van der Waals surface area contributed by atoms with E-state index < -0.39 is 15.4 Å². The van der Waals surface area contributed by atoms with Crippen LogP contribution < -0.4 is 5.32 Å². The predicted molar refractivity (Wildman–Crippen MR) is 120 cm³/mol. The largest absolute Gasteiger partial charge is 0.353 e.